The van der Waals surface area contributed by atoms with Crippen LogP contribution in [0.4, 0.5) is 0 Å². The maximum Gasteiger partial charge on any atom is 0.148 e. The first kappa shape index (κ1) is 11.5. The number of nitrogens with one attached hydrogen (secondary N) is 1. The maximum absolute atomic E-state index is 10.7. The minimum absolute atomic E-state index is 0.169. The second-order valence-electron chi connectivity index (χ2n) is 2.89. The van der Waals surface area contributed by atoms with Crippen molar-refractivity contribution in [2.45, 2.75) is 19.4 Å². The Kier molecular flexibility index (Phi) is 4.95. The molecule has 0 aliphatic rings. The van der Waals surface area contributed by atoms with Gasteiger partial charge in [-0.05, 0) is 6.92 Å². The van der Waals surface area contributed by atoms with Crippen LogP contribution in [0.25, 0.3) is 0 Å². The van der Waals surface area contributed by atoms with Gasteiger partial charge in [0, 0.05) is 25.3 Å². The average Bonchev–Trinajstić information content (AvgIpc) is 1.84. The fraction of sp³-hybridized carbons (Fsp3) is 0.750. The molecule has 1 N–H and O–H groups in total. The van der Waals surface area contributed by atoms with Crippen LogP contribution < -0.4 is 5.32 Å². The van der Waals surface area contributed by atoms with E-state index in [4.69, 9.17) is 6.42 Å². The van der Waals surface area contributed by atoms with Crippen LogP contribution >= 0.6 is 0 Å². The van der Waals surface area contributed by atoms with Crippen LogP contribution in [0.2, 0.25) is 0 Å². The highest BCUT2D eigenvalue weighted by molar-refractivity contribution is 7.90. The third-order valence-electron chi connectivity index (χ3n) is 1.39. The van der Waals surface area contributed by atoms with Crippen molar-refractivity contribution in [1.82, 2.24) is 5.32 Å². The number of terminal acetylenes is 1. The SMILES string of the molecule is C#CCC(C)NCCS(C)(=O)=O. The normalized spacial score (nSPS) is 13.8. The lowest BCUT2D eigenvalue weighted by Gasteiger charge is -2.09. The Morgan fingerprint density at radius 2 is 2.17 bits per heavy atom. The van der Waals surface area contributed by atoms with E-state index in [0.29, 0.717) is 13.0 Å². The third-order valence-corrected chi connectivity index (χ3v) is 2.34. The molecule has 0 aromatic carbocycles. The molecule has 0 bridgehead atoms. The Morgan fingerprint density at radius 3 is 2.58 bits per heavy atom. The third kappa shape index (κ3) is 7.58. The molecule has 4 heteroatoms. The van der Waals surface area contributed by atoms with Gasteiger partial charge in [0.1, 0.15) is 9.84 Å². The standard InChI is InChI=1S/C8H15NO2S/c1-4-5-8(2)9-6-7-12(3,10)11/h1,8-9H,5-7H2,2-3H3. The summed E-state index contributed by atoms with van der Waals surface area (Å²) < 4.78 is 21.4. The van der Waals surface area contributed by atoms with Crippen molar-refractivity contribution in [1.29, 1.82) is 0 Å². The molecule has 1 unspecified atom stereocenters. The molecule has 0 aliphatic carbocycles. The monoisotopic (exact) mass is 189 g/mol. The summed E-state index contributed by atoms with van der Waals surface area (Å²) in [7, 11) is -2.85. The van der Waals surface area contributed by atoms with Crippen LogP contribution in [0.15, 0.2) is 0 Å². The Morgan fingerprint density at radius 1 is 1.58 bits per heavy atom. The molecule has 0 saturated carbocycles. The highest BCUT2D eigenvalue weighted by atomic mass is 32.2. The number of sulfone groups is 1. The van der Waals surface area contributed by atoms with Gasteiger partial charge < -0.3 is 5.32 Å². The van der Waals surface area contributed by atoms with Gasteiger partial charge in [-0.1, -0.05) is 0 Å². The van der Waals surface area contributed by atoms with Gasteiger partial charge in [-0.3, -0.25) is 0 Å². The predicted octanol–water partition coefficient (Wildman–Crippen LogP) is 0.0324. The van der Waals surface area contributed by atoms with Crippen molar-refractivity contribution in [3.63, 3.8) is 0 Å². The highest BCUT2D eigenvalue weighted by Crippen LogP contribution is 1.87. The van der Waals surface area contributed by atoms with Gasteiger partial charge >= 0.3 is 0 Å². The largest absolute Gasteiger partial charge is 0.312 e. The van der Waals surface area contributed by atoms with Crippen LogP contribution in [-0.4, -0.2) is 33.0 Å². The van der Waals surface area contributed by atoms with Crippen molar-refractivity contribution in [3.8, 4) is 12.3 Å². The first-order chi connectivity index (χ1) is 5.45. The molecule has 0 spiro atoms. The van der Waals surface area contributed by atoms with E-state index in [9.17, 15) is 8.42 Å². The molecule has 0 rings (SSSR count). The van der Waals surface area contributed by atoms with Crippen LogP contribution in [0.1, 0.15) is 13.3 Å². The summed E-state index contributed by atoms with van der Waals surface area (Å²) >= 11 is 0. The summed E-state index contributed by atoms with van der Waals surface area (Å²) in [6.07, 6.45) is 6.93. The lowest BCUT2D eigenvalue weighted by Crippen LogP contribution is -2.30. The molecule has 0 amide bonds. The Labute approximate surface area is 74.5 Å². The van der Waals surface area contributed by atoms with E-state index in [1.807, 2.05) is 6.92 Å². The van der Waals surface area contributed by atoms with Crippen LogP contribution in [0.3, 0.4) is 0 Å². The molecule has 12 heavy (non-hydrogen) atoms. The molecule has 0 radical (unpaired) electrons. The smallest absolute Gasteiger partial charge is 0.148 e. The summed E-state index contributed by atoms with van der Waals surface area (Å²) in [4.78, 5) is 0. The molecule has 0 heterocycles. The minimum Gasteiger partial charge on any atom is -0.312 e. The minimum atomic E-state index is -2.85. The first-order valence-electron chi connectivity index (χ1n) is 3.80. The van der Waals surface area contributed by atoms with E-state index >= 15 is 0 Å². The fourth-order valence-electron chi connectivity index (χ4n) is 0.740. The predicted molar refractivity (Wildman–Crippen MR) is 50.6 cm³/mol. The van der Waals surface area contributed by atoms with Crippen LogP contribution in [0, 0.1) is 12.3 Å². The Bertz CT molecular complexity index is 251. The molecule has 0 aliphatic heterocycles. The zero-order valence-electron chi connectivity index (χ0n) is 7.50. The lowest BCUT2D eigenvalue weighted by atomic mass is 10.2. The van der Waals surface area contributed by atoms with E-state index in [1.165, 1.54) is 6.26 Å². The van der Waals surface area contributed by atoms with Gasteiger partial charge in [0.25, 0.3) is 0 Å². The fourth-order valence-corrected chi connectivity index (χ4v) is 1.23. The molecular weight excluding hydrogens is 174 g/mol. The maximum atomic E-state index is 10.7. The molecule has 0 saturated heterocycles. The molecular formula is C8H15NO2S. The van der Waals surface area contributed by atoms with Crippen LogP contribution in [0.5, 0.6) is 0 Å². The lowest BCUT2D eigenvalue weighted by molar-refractivity contribution is 0.566. The summed E-state index contributed by atoms with van der Waals surface area (Å²) in [5.74, 6) is 2.67. The van der Waals surface area contributed by atoms with E-state index in [2.05, 4.69) is 11.2 Å². The quantitative estimate of drug-likeness (QED) is 0.621. The molecule has 1 atom stereocenters. The first-order valence-corrected chi connectivity index (χ1v) is 5.86. The average molecular weight is 189 g/mol. The molecule has 70 valence electrons. The van der Waals surface area contributed by atoms with Crippen molar-refractivity contribution >= 4 is 9.84 Å². The van der Waals surface area contributed by atoms with Crippen LogP contribution in [-0.2, 0) is 9.84 Å². The van der Waals surface area contributed by atoms with Crippen molar-refractivity contribution in [2.24, 2.45) is 0 Å². The van der Waals surface area contributed by atoms with Crippen molar-refractivity contribution < 1.29 is 8.42 Å². The van der Waals surface area contributed by atoms with Gasteiger partial charge in [0.15, 0.2) is 0 Å². The van der Waals surface area contributed by atoms with E-state index in [1.54, 1.807) is 0 Å². The van der Waals surface area contributed by atoms with E-state index in [0.717, 1.165) is 0 Å². The molecule has 3 nitrogen and oxygen atoms in total. The summed E-state index contributed by atoms with van der Waals surface area (Å²) in [6.45, 7) is 2.41. The second-order valence-corrected chi connectivity index (χ2v) is 5.15. The van der Waals surface area contributed by atoms with Gasteiger partial charge in [-0.2, -0.15) is 0 Å². The molecule has 0 fully saturated rings. The topological polar surface area (TPSA) is 46.2 Å². The number of rotatable bonds is 5. The van der Waals surface area contributed by atoms with E-state index in [-0.39, 0.29) is 11.8 Å². The Balaban J connectivity index is 3.52. The number of hydrogen-bond acceptors (Lipinski definition) is 3. The van der Waals surface area contributed by atoms with Crippen molar-refractivity contribution in [3.05, 3.63) is 0 Å². The zero-order chi connectivity index (χ0) is 9.61. The van der Waals surface area contributed by atoms with E-state index < -0.39 is 9.84 Å². The summed E-state index contributed by atoms with van der Waals surface area (Å²) in [6, 6.07) is 0.191. The summed E-state index contributed by atoms with van der Waals surface area (Å²) in [5.41, 5.74) is 0. The Hall–Kier alpha value is -0.530. The molecule has 0 aromatic heterocycles. The van der Waals surface area contributed by atoms with Crippen molar-refractivity contribution in [2.75, 3.05) is 18.6 Å². The van der Waals surface area contributed by atoms with Gasteiger partial charge in [0.2, 0.25) is 0 Å². The highest BCUT2D eigenvalue weighted by Gasteiger charge is 2.03. The molecule has 0 aromatic rings. The van der Waals surface area contributed by atoms with Gasteiger partial charge in [-0.15, -0.1) is 12.3 Å². The second kappa shape index (κ2) is 5.18. The zero-order valence-corrected chi connectivity index (χ0v) is 8.32. The summed E-state index contributed by atoms with van der Waals surface area (Å²) in [5, 5.41) is 3.02. The number of hydrogen-bond donors (Lipinski definition) is 1. The van der Waals surface area contributed by atoms with Gasteiger partial charge in [-0.25, -0.2) is 8.42 Å². The van der Waals surface area contributed by atoms with Gasteiger partial charge in [0.05, 0.1) is 5.75 Å².